The van der Waals surface area contributed by atoms with E-state index in [1.807, 2.05) is 0 Å². The van der Waals surface area contributed by atoms with E-state index in [1.165, 1.54) is 17.5 Å². The number of morpholine rings is 1. The predicted molar refractivity (Wildman–Crippen MR) is 74.5 cm³/mol. The van der Waals surface area contributed by atoms with E-state index in [-0.39, 0.29) is 0 Å². The van der Waals surface area contributed by atoms with Gasteiger partial charge in [0.15, 0.2) is 0 Å². The normalized spacial score (nSPS) is 16.9. The molecule has 1 aliphatic heterocycles. The smallest absolute Gasteiger partial charge is 0.0594 e. The Balaban J connectivity index is 1.79. The maximum Gasteiger partial charge on any atom is 0.0594 e. The lowest BCUT2D eigenvalue weighted by Gasteiger charge is -2.26. The summed E-state index contributed by atoms with van der Waals surface area (Å²) in [6.07, 6.45) is 3.46. The first-order valence-corrected chi connectivity index (χ1v) is 6.96. The number of nitrogens with two attached hydrogens (primary N) is 1. The van der Waals surface area contributed by atoms with Crippen LogP contribution in [0.5, 0.6) is 0 Å². The van der Waals surface area contributed by atoms with Crippen LogP contribution in [0.1, 0.15) is 24.0 Å². The third-order valence-corrected chi connectivity index (χ3v) is 3.45. The number of aryl methyl sites for hydroxylation is 1. The molecule has 100 valence electrons. The van der Waals surface area contributed by atoms with E-state index in [9.17, 15) is 0 Å². The van der Waals surface area contributed by atoms with E-state index < -0.39 is 0 Å². The van der Waals surface area contributed by atoms with Gasteiger partial charge < -0.3 is 10.5 Å². The first-order chi connectivity index (χ1) is 8.88. The number of hydrogen-bond donors (Lipinski definition) is 1. The van der Waals surface area contributed by atoms with Gasteiger partial charge in [-0.2, -0.15) is 0 Å². The van der Waals surface area contributed by atoms with Crippen LogP contribution in [0.15, 0.2) is 24.3 Å². The molecule has 1 heterocycles. The monoisotopic (exact) mass is 248 g/mol. The Kier molecular flexibility index (Phi) is 5.65. The molecule has 0 unspecified atom stereocenters. The molecule has 2 rings (SSSR count). The number of nitrogens with zero attached hydrogens (tertiary/aromatic N) is 1. The van der Waals surface area contributed by atoms with Gasteiger partial charge in [0.1, 0.15) is 0 Å². The van der Waals surface area contributed by atoms with Gasteiger partial charge in [0.2, 0.25) is 0 Å². The van der Waals surface area contributed by atoms with Gasteiger partial charge in [-0.05, 0) is 36.9 Å². The zero-order valence-electron chi connectivity index (χ0n) is 11.1. The highest BCUT2D eigenvalue weighted by molar-refractivity contribution is 5.22. The molecular weight excluding hydrogens is 224 g/mol. The van der Waals surface area contributed by atoms with Crippen molar-refractivity contribution < 1.29 is 4.74 Å². The average molecular weight is 248 g/mol. The van der Waals surface area contributed by atoms with Gasteiger partial charge in [-0.3, -0.25) is 4.90 Å². The van der Waals surface area contributed by atoms with E-state index in [0.29, 0.717) is 0 Å². The molecule has 0 bridgehead atoms. The minimum absolute atomic E-state index is 0.801. The summed E-state index contributed by atoms with van der Waals surface area (Å²) < 4.78 is 5.36. The molecule has 3 heteroatoms. The van der Waals surface area contributed by atoms with Crippen LogP contribution in [0.3, 0.4) is 0 Å². The average Bonchev–Trinajstić information content (AvgIpc) is 2.42. The van der Waals surface area contributed by atoms with Crippen molar-refractivity contribution in [2.45, 2.75) is 25.8 Å². The molecule has 1 saturated heterocycles. The molecule has 0 aliphatic carbocycles. The van der Waals surface area contributed by atoms with E-state index >= 15 is 0 Å². The molecule has 0 atom stereocenters. The van der Waals surface area contributed by atoms with Gasteiger partial charge in [0, 0.05) is 19.6 Å². The van der Waals surface area contributed by atoms with Crippen LogP contribution in [0.4, 0.5) is 0 Å². The molecule has 1 aromatic carbocycles. The van der Waals surface area contributed by atoms with E-state index in [4.69, 9.17) is 10.5 Å². The highest BCUT2D eigenvalue weighted by atomic mass is 16.5. The van der Waals surface area contributed by atoms with E-state index in [1.54, 1.807) is 0 Å². The van der Waals surface area contributed by atoms with Crippen molar-refractivity contribution >= 4 is 0 Å². The first kappa shape index (κ1) is 13.5. The summed E-state index contributed by atoms with van der Waals surface area (Å²) in [5.74, 6) is 0. The van der Waals surface area contributed by atoms with Crippen LogP contribution in [0.2, 0.25) is 0 Å². The third kappa shape index (κ3) is 4.41. The topological polar surface area (TPSA) is 38.5 Å². The van der Waals surface area contributed by atoms with Crippen LogP contribution in [-0.2, 0) is 17.7 Å². The molecule has 0 spiro atoms. The minimum atomic E-state index is 0.801. The van der Waals surface area contributed by atoms with Crippen molar-refractivity contribution in [3.8, 4) is 0 Å². The summed E-state index contributed by atoms with van der Waals surface area (Å²) in [5.41, 5.74) is 8.33. The number of hydrogen-bond acceptors (Lipinski definition) is 3. The largest absolute Gasteiger partial charge is 0.379 e. The van der Waals surface area contributed by atoms with Crippen molar-refractivity contribution in [1.29, 1.82) is 0 Å². The maximum absolute atomic E-state index is 5.51. The second-order valence-corrected chi connectivity index (χ2v) is 4.95. The summed E-state index contributed by atoms with van der Waals surface area (Å²) in [4.78, 5) is 2.45. The lowest BCUT2D eigenvalue weighted by atomic mass is 10.1. The van der Waals surface area contributed by atoms with Gasteiger partial charge in [0.25, 0.3) is 0 Å². The molecule has 2 N–H and O–H groups in total. The Labute approximate surface area is 110 Å². The molecule has 1 fully saturated rings. The van der Waals surface area contributed by atoms with Gasteiger partial charge >= 0.3 is 0 Å². The fraction of sp³-hybridized carbons (Fsp3) is 0.600. The Hall–Kier alpha value is -0.900. The molecule has 1 aromatic rings. The summed E-state index contributed by atoms with van der Waals surface area (Å²) in [6.45, 7) is 5.70. The molecule has 0 radical (unpaired) electrons. The lowest BCUT2D eigenvalue weighted by Crippen LogP contribution is -2.35. The van der Waals surface area contributed by atoms with Crippen LogP contribution >= 0.6 is 0 Å². The second-order valence-electron chi connectivity index (χ2n) is 4.95. The highest BCUT2D eigenvalue weighted by Crippen LogP contribution is 2.11. The van der Waals surface area contributed by atoms with Crippen molar-refractivity contribution in [2.24, 2.45) is 5.73 Å². The molecule has 0 aromatic heterocycles. The lowest BCUT2D eigenvalue weighted by molar-refractivity contribution is 0.0342. The summed E-state index contributed by atoms with van der Waals surface area (Å²) >= 11 is 0. The Morgan fingerprint density at radius 3 is 2.33 bits per heavy atom. The molecule has 0 saturated carbocycles. The quantitative estimate of drug-likeness (QED) is 0.780. The van der Waals surface area contributed by atoms with Crippen LogP contribution in [-0.4, -0.2) is 37.7 Å². The van der Waals surface area contributed by atoms with Crippen molar-refractivity contribution in [2.75, 3.05) is 32.8 Å². The van der Waals surface area contributed by atoms with Crippen molar-refractivity contribution in [3.63, 3.8) is 0 Å². The number of rotatable bonds is 6. The minimum Gasteiger partial charge on any atom is -0.379 e. The van der Waals surface area contributed by atoms with Gasteiger partial charge in [0.05, 0.1) is 13.2 Å². The number of benzene rings is 1. The third-order valence-electron chi connectivity index (χ3n) is 3.45. The van der Waals surface area contributed by atoms with E-state index in [2.05, 4.69) is 29.2 Å². The number of unbranched alkanes of at least 4 members (excludes halogenated alkanes) is 1. The SMILES string of the molecule is NCCCCc1ccc(CN2CCOCC2)cc1. The van der Waals surface area contributed by atoms with Crippen LogP contribution < -0.4 is 5.73 Å². The second kappa shape index (κ2) is 7.52. The summed E-state index contributed by atoms with van der Waals surface area (Å²) in [5, 5.41) is 0. The molecule has 3 nitrogen and oxygen atoms in total. The van der Waals surface area contributed by atoms with Crippen molar-refractivity contribution in [1.82, 2.24) is 4.90 Å². The molecule has 1 aliphatic rings. The summed E-state index contributed by atoms with van der Waals surface area (Å²) in [7, 11) is 0. The fourth-order valence-electron chi connectivity index (χ4n) is 2.30. The van der Waals surface area contributed by atoms with Gasteiger partial charge in [-0.15, -0.1) is 0 Å². The Morgan fingerprint density at radius 1 is 1.00 bits per heavy atom. The molecular formula is C15H24N2O. The predicted octanol–water partition coefficient (Wildman–Crippen LogP) is 1.80. The van der Waals surface area contributed by atoms with Gasteiger partial charge in [-0.25, -0.2) is 0 Å². The molecule has 0 amide bonds. The van der Waals surface area contributed by atoms with Crippen LogP contribution in [0, 0.1) is 0 Å². The maximum atomic E-state index is 5.51. The van der Waals surface area contributed by atoms with Crippen molar-refractivity contribution in [3.05, 3.63) is 35.4 Å². The van der Waals surface area contributed by atoms with Gasteiger partial charge in [-0.1, -0.05) is 24.3 Å². The molecule has 18 heavy (non-hydrogen) atoms. The Bertz CT molecular complexity index is 331. The van der Waals surface area contributed by atoms with E-state index in [0.717, 1.165) is 52.2 Å². The Morgan fingerprint density at radius 2 is 1.67 bits per heavy atom. The number of ether oxygens (including phenoxy) is 1. The fourth-order valence-corrected chi connectivity index (χ4v) is 2.30. The highest BCUT2D eigenvalue weighted by Gasteiger charge is 2.10. The van der Waals surface area contributed by atoms with Crippen LogP contribution in [0.25, 0.3) is 0 Å². The summed E-state index contributed by atoms with van der Waals surface area (Å²) in [6, 6.07) is 9.03. The zero-order valence-corrected chi connectivity index (χ0v) is 11.1. The first-order valence-electron chi connectivity index (χ1n) is 6.96. The standard InChI is InChI=1S/C15H24N2O/c16-8-2-1-3-14-4-6-15(7-5-14)13-17-9-11-18-12-10-17/h4-7H,1-3,8-13,16H2. The zero-order chi connectivity index (χ0) is 12.6.